The van der Waals surface area contributed by atoms with E-state index < -0.39 is 0 Å². The van der Waals surface area contributed by atoms with Gasteiger partial charge in [-0.05, 0) is 30.5 Å². The van der Waals surface area contributed by atoms with Crippen LogP contribution < -0.4 is 10.6 Å². The van der Waals surface area contributed by atoms with Gasteiger partial charge in [0.2, 0.25) is 0 Å². The van der Waals surface area contributed by atoms with E-state index in [0.717, 1.165) is 30.5 Å². The minimum atomic E-state index is 0. The molecule has 1 unspecified atom stereocenters. The molecule has 0 saturated carbocycles. The number of nitrogens with one attached hydrogen (secondary N) is 2. The van der Waals surface area contributed by atoms with Crippen molar-refractivity contribution in [3.63, 3.8) is 0 Å². The van der Waals surface area contributed by atoms with Crippen molar-refractivity contribution in [3.8, 4) is 0 Å². The van der Waals surface area contributed by atoms with Crippen molar-refractivity contribution in [1.29, 1.82) is 0 Å². The van der Waals surface area contributed by atoms with Gasteiger partial charge in [-0.15, -0.1) is 34.2 Å². The second-order valence-corrected chi connectivity index (χ2v) is 6.88. The van der Waals surface area contributed by atoms with Gasteiger partial charge < -0.3 is 10.6 Å². The molecule has 0 saturated heterocycles. The van der Waals surface area contributed by atoms with Crippen molar-refractivity contribution in [2.24, 2.45) is 10.9 Å². The molecule has 3 rings (SSSR count). The van der Waals surface area contributed by atoms with Crippen LogP contribution in [-0.4, -0.2) is 33.6 Å². The summed E-state index contributed by atoms with van der Waals surface area (Å²) in [6.07, 6.45) is 1.96. The third-order valence-electron chi connectivity index (χ3n) is 4.63. The van der Waals surface area contributed by atoms with Crippen LogP contribution in [0.2, 0.25) is 0 Å². The van der Waals surface area contributed by atoms with Crippen LogP contribution in [0.15, 0.2) is 59.7 Å². The Hall–Kier alpha value is -2.16. The molecule has 0 spiro atoms. The van der Waals surface area contributed by atoms with E-state index in [0.29, 0.717) is 18.4 Å². The number of benzene rings is 1. The van der Waals surface area contributed by atoms with Crippen molar-refractivity contribution in [2.75, 3.05) is 13.1 Å². The minimum absolute atomic E-state index is 0. The quantitative estimate of drug-likeness (QED) is 0.299. The largest absolute Gasteiger partial charge is 0.357 e. The first-order valence-electron chi connectivity index (χ1n) is 9.54. The first-order chi connectivity index (χ1) is 13.2. The van der Waals surface area contributed by atoms with E-state index in [1.54, 1.807) is 0 Å². The number of aromatic nitrogens is 3. The Morgan fingerprint density at radius 1 is 1.04 bits per heavy atom. The SMILES string of the molecule is CCNC(=NCc1nnc2ccccn12)NCC(c1ccccc1)C(C)C.I. The Morgan fingerprint density at radius 3 is 2.50 bits per heavy atom. The maximum absolute atomic E-state index is 4.70. The number of rotatable bonds is 7. The lowest BCUT2D eigenvalue weighted by molar-refractivity contribution is 0.488. The van der Waals surface area contributed by atoms with E-state index in [4.69, 9.17) is 4.99 Å². The van der Waals surface area contributed by atoms with Gasteiger partial charge in [0, 0.05) is 25.2 Å². The molecule has 3 aromatic rings. The average molecular weight is 492 g/mol. The molecule has 2 aromatic heterocycles. The highest BCUT2D eigenvalue weighted by atomic mass is 127. The smallest absolute Gasteiger partial charge is 0.191 e. The fourth-order valence-corrected chi connectivity index (χ4v) is 3.14. The number of guanidine groups is 1. The second kappa shape index (κ2) is 11.0. The molecule has 0 fully saturated rings. The summed E-state index contributed by atoms with van der Waals surface area (Å²) < 4.78 is 1.97. The Balaban J connectivity index is 0.00000280. The second-order valence-electron chi connectivity index (χ2n) is 6.88. The van der Waals surface area contributed by atoms with Crippen molar-refractivity contribution < 1.29 is 0 Å². The molecule has 150 valence electrons. The predicted molar refractivity (Wildman–Crippen MR) is 125 cm³/mol. The van der Waals surface area contributed by atoms with Crippen LogP contribution in [0.3, 0.4) is 0 Å². The number of nitrogens with zero attached hydrogens (tertiary/aromatic N) is 4. The van der Waals surface area contributed by atoms with Gasteiger partial charge in [0.25, 0.3) is 0 Å². The van der Waals surface area contributed by atoms with Crippen LogP contribution in [0, 0.1) is 5.92 Å². The van der Waals surface area contributed by atoms with Gasteiger partial charge in [0.1, 0.15) is 6.54 Å². The minimum Gasteiger partial charge on any atom is -0.357 e. The first kappa shape index (κ1) is 22.1. The van der Waals surface area contributed by atoms with Gasteiger partial charge in [-0.2, -0.15) is 0 Å². The molecule has 0 aliphatic carbocycles. The zero-order valence-corrected chi connectivity index (χ0v) is 19.0. The van der Waals surface area contributed by atoms with Gasteiger partial charge in [-0.1, -0.05) is 50.2 Å². The Morgan fingerprint density at radius 2 is 1.79 bits per heavy atom. The topological polar surface area (TPSA) is 66.6 Å². The van der Waals surface area contributed by atoms with Crippen LogP contribution in [-0.2, 0) is 6.54 Å². The summed E-state index contributed by atoms with van der Waals surface area (Å²) in [5, 5.41) is 15.2. The predicted octanol–water partition coefficient (Wildman–Crippen LogP) is 3.84. The zero-order chi connectivity index (χ0) is 19.1. The van der Waals surface area contributed by atoms with Gasteiger partial charge in [0.05, 0.1) is 0 Å². The number of pyridine rings is 1. The third-order valence-corrected chi connectivity index (χ3v) is 4.63. The number of hydrogen-bond donors (Lipinski definition) is 2. The Labute approximate surface area is 183 Å². The summed E-state index contributed by atoms with van der Waals surface area (Å²) in [6.45, 7) is 8.69. The maximum Gasteiger partial charge on any atom is 0.191 e. The maximum atomic E-state index is 4.70. The summed E-state index contributed by atoms with van der Waals surface area (Å²) in [4.78, 5) is 4.70. The zero-order valence-electron chi connectivity index (χ0n) is 16.7. The highest BCUT2D eigenvalue weighted by Crippen LogP contribution is 2.23. The summed E-state index contributed by atoms with van der Waals surface area (Å²) in [6, 6.07) is 16.5. The van der Waals surface area contributed by atoms with Crippen LogP contribution in [0.4, 0.5) is 0 Å². The van der Waals surface area contributed by atoms with Crippen molar-refractivity contribution in [1.82, 2.24) is 25.2 Å². The normalized spacial score (nSPS) is 12.6. The summed E-state index contributed by atoms with van der Waals surface area (Å²) >= 11 is 0. The van der Waals surface area contributed by atoms with Gasteiger partial charge in [-0.25, -0.2) is 4.99 Å². The van der Waals surface area contributed by atoms with Gasteiger partial charge in [-0.3, -0.25) is 4.40 Å². The van der Waals surface area contributed by atoms with Crippen molar-refractivity contribution in [3.05, 3.63) is 66.1 Å². The monoisotopic (exact) mass is 492 g/mol. The van der Waals surface area contributed by atoms with Crippen LogP contribution in [0.5, 0.6) is 0 Å². The van der Waals surface area contributed by atoms with Crippen molar-refractivity contribution in [2.45, 2.75) is 33.2 Å². The fraction of sp³-hybridized carbons (Fsp3) is 0.381. The van der Waals surface area contributed by atoms with E-state index in [1.165, 1.54) is 5.56 Å². The molecule has 0 radical (unpaired) electrons. The van der Waals surface area contributed by atoms with Crippen molar-refractivity contribution >= 4 is 35.6 Å². The molecule has 0 amide bonds. The highest BCUT2D eigenvalue weighted by molar-refractivity contribution is 14.0. The average Bonchev–Trinajstić information content (AvgIpc) is 3.10. The number of halogens is 1. The van der Waals surface area contributed by atoms with Gasteiger partial charge >= 0.3 is 0 Å². The number of hydrogen-bond acceptors (Lipinski definition) is 3. The Kier molecular flexibility index (Phi) is 8.69. The third kappa shape index (κ3) is 5.67. The lowest BCUT2D eigenvalue weighted by Crippen LogP contribution is -2.40. The molecule has 1 aromatic carbocycles. The number of aliphatic imine (C=N–C) groups is 1. The lowest BCUT2D eigenvalue weighted by atomic mass is 9.88. The summed E-state index contributed by atoms with van der Waals surface area (Å²) in [7, 11) is 0. The van der Waals surface area contributed by atoms with E-state index in [-0.39, 0.29) is 24.0 Å². The van der Waals surface area contributed by atoms with E-state index in [9.17, 15) is 0 Å². The first-order valence-corrected chi connectivity index (χ1v) is 9.54. The van der Waals surface area contributed by atoms with Crippen LogP contribution >= 0.6 is 24.0 Å². The summed E-state index contributed by atoms with van der Waals surface area (Å²) in [5.41, 5.74) is 2.18. The molecule has 2 N–H and O–H groups in total. The molecule has 0 bridgehead atoms. The van der Waals surface area contributed by atoms with E-state index in [1.807, 2.05) is 28.8 Å². The molecule has 6 nitrogen and oxygen atoms in total. The van der Waals surface area contributed by atoms with Crippen LogP contribution in [0.1, 0.15) is 38.1 Å². The van der Waals surface area contributed by atoms with E-state index >= 15 is 0 Å². The number of fused-ring (bicyclic) bond motifs is 1. The lowest BCUT2D eigenvalue weighted by Gasteiger charge is -2.23. The van der Waals surface area contributed by atoms with E-state index in [2.05, 4.69) is 71.9 Å². The summed E-state index contributed by atoms with van der Waals surface area (Å²) in [5.74, 6) is 2.57. The van der Waals surface area contributed by atoms with Gasteiger partial charge in [0.15, 0.2) is 17.4 Å². The van der Waals surface area contributed by atoms with Crippen LogP contribution in [0.25, 0.3) is 5.65 Å². The molecule has 0 aliphatic rings. The molecule has 0 aliphatic heterocycles. The molecule has 2 heterocycles. The molecule has 1 atom stereocenters. The molecule has 7 heteroatoms. The molecular weight excluding hydrogens is 463 g/mol. The standard InChI is InChI=1S/C21H28N6.HI/c1-4-22-21(23-14-18(16(2)3)17-10-6-5-7-11-17)24-15-20-26-25-19-12-8-9-13-27(19)20;/h5-13,16,18H,4,14-15H2,1-3H3,(H2,22,23,24);1H. The highest BCUT2D eigenvalue weighted by Gasteiger charge is 2.16. The fourth-order valence-electron chi connectivity index (χ4n) is 3.14. The molecular formula is C21H29IN6. The molecule has 28 heavy (non-hydrogen) atoms. The Bertz CT molecular complexity index is 875.